The molecule has 2 heterocycles. The van der Waals surface area contributed by atoms with Crippen LogP contribution in [-0.2, 0) is 4.74 Å². The molecule has 1 aromatic carbocycles. The minimum Gasteiger partial charge on any atom is -0.398 e. The lowest BCUT2D eigenvalue weighted by atomic mass is 10.0. The predicted molar refractivity (Wildman–Crippen MR) is 88.3 cm³/mol. The summed E-state index contributed by atoms with van der Waals surface area (Å²) in [7, 11) is 1.58. The fourth-order valence-corrected chi connectivity index (χ4v) is 2.48. The Labute approximate surface area is 134 Å². The van der Waals surface area contributed by atoms with Gasteiger partial charge in [-0.2, -0.15) is 0 Å². The van der Waals surface area contributed by atoms with Crippen molar-refractivity contribution in [3.63, 3.8) is 0 Å². The molecule has 2 aromatic rings. The number of nitrogens with two attached hydrogens (primary N) is 1. The molecule has 7 nitrogen and oxygen atoms in total. The molecule has 1 saturated heterocycles. The highest BCUT2D eigenvalue weighted by atomic mass is 16.5. The van der Waals surface area contributed by atoms with Gasteiger partial charge < -0.3 is 20.7 Å². The molecule has 0 bridgehead atoms. The van der Waals surface area contributed by atoms with E-state index in [1.54, 1.807) is 31.6 Å². The van der Waals surface area contributed by atoms with Gasteiger partial charge in [0.2, 0.25) is 5.95 Å². The fraction of sp³-hybridized carbons (Fsp3) is 0.312. The molecule has 0 radical (unpaired) electrons. The normalized spacial score (nSPS) is 14.6. The van der Waals surface area contributed by atoms with Crippen LogP contribution in [-0.4, -0.2) is 49.2 Å². The monoisotopic (exact) mass is 313 g/mol. The SMILES string of the molecule is CNC(=O)c1ccc(-c2cnc(N3CCOCC3)nc2)cc1N. The molecule has 0 atom stereocenters. The van der Waals surface area contributed by atoms with Crippen molar-refractivity contribution in [3.8, 4) is 11.1 Å². The number of anilines is 2. The van der Waals surface area contributed by atoms with Crippen LogP contribution in [0.3, 0.4) is 0 Å². The van der Waals surface area contributed by atoms with Gasteiger partial charge in [-0.15, -0.1) is 0 Å². The quantitative estimate of drug-likeness (QED) is 0.819. The molecule has 0 saturated carbocycles. The molecule has 120 valence electrons. The highest BCUT2D eigenvalue weighted by molar-refractivity contribution is 5.99. The average Bonchev–Trinajstić information content (AvgIpc) is 2.62. The number of amides is 1. The topological polar surface area (TPSA) is 93.4 Å². The second kappa shape index (κ2) is 6.62. The van der Waals surface area contributed by atoms with Gasteiger partial charge in [0.05, 0.1) is 18.8 Å². The maximum Gasteiger partial charge on any atom is 0.253 e. The van der Waals surface area contributed by atoms with Crippen LogP contribution >= 0.6 is 0 Å². The standard InChI is InChI=1S/C16H19N5O2/c1-18-15(22)13-3-2-11(8-14(13)17)12-9-19-16(20-10-12)21-4-6-23-7-5-21/h2-3,8-10H,4-7,17H2,1H3,(H,18,22). The number of ether oxygens (including phenoxy) is 1. The summed E-state index contributed by atoms with van der Waals surface area (Å²) in [6.45, 7) is 2.99. The van der Waals surface area contributed by atoms with Gasteiger partial charge in [0, 0.05) is 43.8 Å². The van der Waals surface area contributed by atoms with Crippen molar-refractivity contribution in [2.75, 3.05) is 44.0 Å². The third-order valence-electron chi connectivity index (χ3n) is 3.79. The van der Waals surface area contributed by atoms with Gasteiger partial charge in [-0.3, -0.25) is 4.79 Å². The Bertz CT molecular complexity index is 696. The first kappa shape index (κ1) is 15.2. The molecule has 1 aliphatic rings. The van der Waals surface area contributed by atoms with Crippen LogP contribution in [0.2, 0.25) is 0 Å². The van der Waals surface area contributed by atoms with Gasteiger partial charge in [-0.05, 0) is 17.7 Å². The summed E-state index contributed by atoms with van der Waals surface area (Å²) in [5.41, 5.74) is 8.59. The van der Waals surface area contributed by atoms with Gasteiger partial charge in [0.1, 0.15) is 0 Å². The summed E-state index contributed by atoms with van der Waals surface area (Å²) in [6.07, 6.45) is 3.54. The second-order valence-corrected chi connectivity index (χ2v) is 5.25. The lowest BCUT2D eigenvalue weighted by molar-refractivity contribution is 0.0964. The number of nitrogens with one attached hydrogen (secondary N) is 1. The van der Waals surface area contributed by atoms with Crippen molar-refractivity contribution in [3.05, 3.63) is 36.2 Å². The third-order valence-corrected chi connectivity index (χ3v) is 3.79. The van der Waals surface area contributed by atoms with Crippen LogP contribution < -0.4 is 16.0 Å². The van der Waals surface area contributed by atoms with Gasteiger partial charge in [0.25, 0.3) is 5.91 Å². The highest BCUT2D eigenvalue weighted by Gasteiger charge is 2.14. The van der Waals surface area contributed by atoms with Crippen molar-refractivity contribution in [1.82, 2.24) is 15.3 Å². The second-order valence-electron chi connectivity index (χ2n) is 5.25. The van der Waals surface area contributed by atoms with Crippen molar-refractivity contribution < 1.29 is 9.53 Å². The zero-order chi connectivity index (χ0) is 16.2. The number of morpholine rings is 1. The molecule has 0 unspecified atom stereocenters. The Morgan fingerprint density at radius 1 is 1.22 bits per heavy atom. The lowest BCUT2D eigenvalue weighted by Crippen LogP contribution is -2.37. The summed E-state index contributed by atoms with van der Waals surface area (Å²) < 4.78 is 5.32. The van der Waals surface area contributed by atoms with Gasteiger partial charge in [0.15, 0.2) is 0 Å². The number of aromatic nitrogens is 2. The van der Waals surface area contributed by atoms with E-state index in [2.05, 4.69) is 20.2 Å². The number of nitrogen functional groups attached to an aromatic ring is 1. The van der Waals surface area contributed by atoms with Crippen molar-refractivity contribution in [1.29, 1.82) is 0 Å². The first-order valence-corrected chi connectivity index (χ1v) is 7.46. The maximum absolute atomic E-state index is 11.7. The highest BCUT2D eigenvalue weighted by Crippen LogP contribution is 2.24. The Morgan fingerprint density at radius 2 is 1.91 bits per heavy atom. The maximum atomic E-state index is 11.7. The summed E-state index contributed by atoms with van der Waals surface area (Å²) in [5, 5.41) is 2.57. The predicted octanol–water partition coefficient (Wildman–Crippen LogP) is 0.922. The van der Waals surface area contributed by atoms with E-state index in [0.717, 1.165) is 24.2 Å². The molecule has 1 fully saturated rings. The number of carbonyl (C=O) groups excluding carboxylic acids is 1. The van der Waals surface area contributed by atoms with Gasteiger partial charge >= 0.3 is 0 Å². The van der Waals surface area contributed by atoms with Crippen molar-refractivity contribution >= 4 is 17.5 Å². The summed E-state index contributed by atoms with van der Waals surface area (Å²) in [4.78, 5) is 22.6. The van der Waals surface area contributed by atoms with E-state index in [0.29, 0.717) is 30.4 Å². The Hall–Kier alpha value is -2.67. The average molecular weight is 313 g/mol. The van der Waals surface area contributed by atoms with Gasteiger partial charge in [-0.25, -0.2) is 9.97 Å². The Balaban J connectivity index is 1.81. The first-order valence-electron chi connectivity index (χ1n) is 7.46. The van der Waals surface area contributed by atoms with E-state index in [9.17, 15) is 4.79 Å². The van der Waals surface area contributed by atoms with E-state index in [1.165, 1.54) is 0 Å². The summed E-state index contributed by atoms with van der Waals surface area (Å²) >= 11 is 0. The summed E-state index contributed by atoms with van der Waals surface area (Å²) in [5.74, 6) is 0.500. The van der Waals surface area contributed by atoms with Crippen molar-refractivity contribution in [2.45, 2.75) is 0 Å². The number of hydrogen-bond donors (Lipinski definition) is 2. The number of hydrogen-bond acceptors (Lipinski definition) is 6. The van der Waals surface area contributed by atoms with Gasteiger partial charge in [-0.1, -0.05) is 6.07 Å². The molecule has 1 aromatic heterocycles. The van der Waals surface area contributed by atoms with Crippen molar-refractivity contribution in [2.24, 2.45) is 0 Å². The molecular weight excluding hydrogens is 294 g/mol. The van der Waals surface area contributed by atoms with Crippen LogP contribution in [0.25, 0.3) is 11.1 Å². The van der Waals surface area contributed by atoms with Crippen LogP contribution in [0.1, 0.15) is 10.4 Å². The zero-order valence-electron chi connectivity index (χ0n) is 13.0. The van der Waals surface area contributed by atoms with Crippen LogP contribution in [0.5, 0.6) is 0 Å². The smallest absolute Gasteiger partial charge is 0.253 e. The minimum absolute atomic E-state index is 0.201. The molecule has 3 rings (SSSR count). The molecule has 23 heavy (non-hydrogen) atoms. The molecular formula is C16H19N5O2. The van der Waals surface area contributed by atoms with E-state index in [1.807, 2.05) is 6.07 Å². The lowest BCUT2D eigenvalue weighted by Gasteiger charge is -2.26. The Kier molecular flexibility index (Phi) is 4.38. The third kappa shape index (κ3) is 3.24. The first-order chi connectivity index (χ1) is 11.2. The summed E-state index contributed by atoms with van der Waals surface area (Å²) in [6, 6.07) is 5.31. The number of carbonyl (C=O) groups is 1. The van der Waals surface area contributed by atoms with E-state index in [4.69, 9.17) is 10.5 Å². The molecule has 7 heteroatoms. The van der Waals surface area contributed by atoms with E-state index < -0.39 is 0 Å². The zero-order valence-corrected chi connectivity index (χ0v) is 13.0. The van der Waals surface area contributed by atoms with Crippen LogP contribution in [0.15, 0.2) is 30.6 Å². The molecule has 1 amide bonds. The fourth-order valence-electron chi connectivity index (χ4n) is 2.48. The molecule has 0 aliphatic carbocycles. The molecule has 1 aliphatic heterocycles. The Morgan fingerprint density at radius 3 is 2.52 bits per heavy atom. The van der Waals surface area contributed by atoms with Crippen LogP contribution in [0, 0.1) is 0 Å². The van der Waals surface area contributed by atoms with Crippen LogP contribution in [0.4, 0.5) is 11.6 Å². The number of rotatable bonds is 3. The molecule has 0 spiro atoms. The number of benzene rings is 1. The molecule has 3 N–H and O–H groups in total. The minimum atomic E-state index is -0.201. The van der Waals surface area contributed by atoms with E-state index in [-0.39, 0.29) is 5.91 Å². The van der Waals surface area contributed by atoms with E-state index >= 15 is 0 Å². The largest absolute Gasteiger partial charge is 0.398 e. The number of nitrogens with zero attached hydrogens (tertiary/aromatic N) is 3.